The molecular weight excluding hydrogens is 939 g/mol. The molecule has 0 atom stereocenters. The molecule has 0 saturated carbocycles. The van der Waals surface area contributed by atoms with Crippen LogP contribution in [0.5, 0.6) is 0 Å². The molecule has 4 heteroatoms. The molecule has 0 unspecified atom stereocenters. The van der Waals surface area contributed by atoms with E-state index in [1.54, 1.807) is 0 Å². The molecule has 13 aromatic rings. The number of hydrogen-bond acceptors (Lipinski definition) is 3. The number of aromatic nitrogens is 3. The minimum atomic E-state index is -0.0209. The number of benzene rings is 10. The van der Waals surface area contributed by atoms with E-state index in [2.05, 4.69) is 283 Å². The van der Waals surface area contributed by atoms with Crippen molar-refractivity contribution in [1.29, 1.82) is 0 Å². The smallest absolute Gasteiger partial charge is 0.160 e. The highest BCUT2D eigenvalue weighted by atomic mass is 32.1. The normalized spacial score (nSPS) is 12.1. The van der Waals surface area contributed by atoms with Crippen LogP contribution in [0.15, 0.2) is 237 Å². The first-order valence-electron chi connectivity index (χ1n) is 26.4. The molecule has 76 heavy (non-hydrogen) atoms. The lowest BCUT2D eigenvalue weighted by atomic mass is 9.84. The molecule has 0 amide bonds. The Bertz CT molecular complexity index is 4130. The van der Waals surface area contributed by atoms with Crippen LogP contribution in [0.25, 0.3) is 126 Å². The number of nitrogens with zero attached hydrogens (tertiary/aromatic N) is 3. The third kappa shape index (κ3) is 8.59. The first kappa shape index (κ1) is 47.0. The van der Waals surface area contributed by atoms with Gasteiger partial charge >= 0.3 is 0 Å². The molecule has 10 aromatic carbocycles. The molecule has 3 heterocycles. The number of hydrogen-bond donors (Lipinski definition) is 0. The van der Waals surface area contributed by atoms with Crippen molar-refractivity contribution in [2.24, 2.45) is 0 Å². The van der Waals surface area contributed by atoms with E-state index in [4.69, 9.17) is 9.97 Å². The van der Waals surface area contributed by atoms with Gasteiger partial charge in [-0.25, -0.2) is 9.97 Å². The molecule has 0 aliphatic carbocycles. The van der Waals surface area contributed by atoms with E-state index in [1.165, 1.54) is 64.3 Å². The summed E-state index contributed by atoms with van der Waals surface area (Å²) in [5.41, 5.74) is 19.9. The lowest BCUT2D eigenvalue weighted by Crippen LogP contribution is -2.10. The average Bonchev–Trinajstić information content (AvgIpc) is 4.00. The SMILES string of the molecule is CC(C)(C)c1ccc(-c2cc(-c3cc(-c4ccc5c(c4)sc4ccccc45)nc(-c4ccccc4)n3)cc(-c3ccc(C(C)(C)C)cc3)c2-n2c3ccc(-c4ccccc4)cc3c3cc(-c4ccccc4)ccc32)cc1. The van der Waals surface area contributed by atoms with Crippen LogP contribution in [0, 0.1) is 0 Å². The second-order valence-electron chi connectivity index (χ2n) is 22.2. The molecule has 0 radical (unpaired) electrons. The largest absolute Gasteiger partial charge is 0.308 e. The summed E-state index contributed by atoms with van der Waals surface area (Å²) in [6.07, 6.45) is 0. The monoisotopic (exact) mass is 995 g/mol. The molecule has 0 saturated heterocycles. The summed E-state index contributed by atoms with van der Waals surface area (Å²) < 4.78 is 5.06. The van der Waals surface area contributed by atoms with Crippen molar-refractivity contribution < 1.29 is 0 Å². The molecule has 0 spiro atoms. The van der Waals surface area contributed by atoms with Crippen molar-refractivity contribution in [3.8, 4) is 84.1 Å². The number of fused-ring (bicyclic) bond motifs is 6. The van der Waals surface area contributed by atoms with Crippen LogP contribution in [0.2, 0.25) is 0 Å². The Morgan fingerprint density at radius 1 is 0.316 bits per heavy atom. The molecule has 0 N–H and O–H groups in total. The van der Waals surface area contributed by atoms with Gasteiger partial charge in [-0.3, -0.25) is 0 Å². The third-order valence-corrected chi connectivity index (χ3v) is 16.3. The lowest BCUT2D eigenvalue weighted by Gasteiger charge is -2.23. The van der Waals surface area contributed by atoms with Gasteiger partial charge in [-0.05, 0) is 110 Å². The summed E-state index contributed by atoms with van der Waals surface area (Å²) in [4.78, 5) is 10.9. The van der Waals surface area contributed by atoms with Gasteiger partial charge in [-0.1, -0.05) is 224 Å². The molecule has 3 nitrogen and oxygen atoms in total. The Hall–Kier alpha value is -8.70. The summed E-state index contributed by atoms with van der Waals surface area (Å²) in [7, 11) is 0. The highest BCUT2D eigenvalue weighted by molar-refractivity contribution is 7.25. The summed E-state index contributed by atoms with van der Waals surface area (Å²) in [5.74, 6) is 0.687. The Kier molecular flexibility index (Phi) is 11.5. The van der Waals surface area contributed by atoms with E-state index in [1.807, 2.05) is 11.3 Å². The molecule has 0 fully saturated rings. The molecule has 13 rings (SSSR count). The molecule has 0 bridgehead atoms. The molecule has 0 aliphatic rings. The van der Waals surface area contributed by atoms with E-state index in [9.17, 15) is 0 Å². The third-order valence-electron chi connectivity index (χ3n) is 15.2. The van der Waals surface area contributed by atoms with Crippen LogP contribution in [0.3, 0.4) is 0 Å². The van der Waals surface area contributed by atoms with Crippen LogP contribution in [-0.4, -0.2) is 14.5 Å². The molecule has 366 valence electrons. The van der Waals surface area contributed by atoms with Gasteiger partial charge in [-0.2, -0.15) is 0 Å². The average molecular weight is 996 g/mol. The predicted octanol–water partition coefficient (Wildman–Crippen LogP) is 20.2. The second kappa shape index (κ2) is 18.6. The Labute approximate surface area is 449 Å². The maximum absolute atomic E-state index is 5.51. The predicted molar refractivity (Wildman–Crippen MR) is 325 cm³/mol. The second-order valence-corrected chi connectivity index (χ2v) is 23.3. The van der Waals surface area contributed by atoms with Crippen molar-refractivity contribution in [2.75, 3.05) is 0 Å². The van der Waals surface area contributed by atoms with Crippen LogP contribution in [0.4, 0.5) is 0 Å². The van der Waals surface area contributed by atoms with Gasteiger partial charge in [0.1, 0.15) is 0 Å². The van der Waals surface area contributed by atoms with Gasteiger partial charge in [0.25, 0.3) is 0 Å². The van der Waals surface area contributed by atoms with Crippen molar-refractivity contribution in [1.82, 2.24) is 14.5 Å². The van der Waals surface area contributed by atoms with E-state index < -0.39 is 0 Å². The highest BCUT2D eigenvalue weighted by Gasteiger charge is 2.25. The van der Waals surface area contributed by atoms with Gasteiger partial charge in [0, 0.05) is 58.8 Å². The fourth-order valence-corrected chi connectivity index (χ4v) is 12.1. The van der Waals surface area contributed by atoms with Gasteiger partial charge in [-0.15, -0.1) is 11.3 Å². The van der Waals surface area contributed by atoms with E-state index in [-0.39, 0.29) is 10.8 Å². The topological polar surface area (TPSA) is 30.7 Å². The van der Waals surface area contributed by atoms with Gasteiger partial charge in [0.2, 0.25) is 0 Å². The maximum atomic E-state index is 5.51. The van der Waals surface area contributed by atoms with Crippen molar-refractivity contribution in [2.45, 2.75) is 52.4 Å². The maximum Gasteiger partial charge on any atom is 0.160 e. The standard InChI is InChI=1S/C72H57N3S/c1-71(2,3)55-33-26-48(27-34-55)59-42-54(64-45-63(73-70(74-64)50-22-14-9-15-23-50)53-30-37-58-57-24-16-17-25-67(57)76-68(58)44-53)43-60(49-28-35-56(36-29-49)72(4,5)6)69(59)75-65-38-31-51(46-18-10-7-11-19-46)40-61(65)62-41-52(32-39-66(62)75)47-20-12-8-13-21-47/h7-45H,1-6H3. The minimum Gasteiger partial charge on any atom is -0.308 e. The zero-order valence-electron chi connectivity index (χ0n) is 43.8. The summed E-state index contributed by atoms with van der Waals surface area (Å²) in [6.45, 7) is 13.7. The molecular formula is C72H57N3S. The Morgan fingerprint density at radius 2 is 0.750 bits per heavy atom. The quantitative estimate of drug-likeness (QED) is 0.152. The van der Waals surface area contributed by atoms with Crippen molar-refractivity contribution in [3.63, 3.8) is 0 Å². The summed E-state index contributed by atoms with van der Waals surface area (Å²) >= 11 is 1.83. The number of rotatable bonds is 8. The fourth-order valence-electron chi connectivity index (χ4n) is 11.0. The van der Waals surface area contributed by atoms with Crippen molar-refractivity contribution in [3.05, 3.63) is 248 Å². The van der Waals surface area contributed by atoms with Gasteiger partial charge < -0.3 is 4.57 Å². The first-order valence-corrected chi connectivity index (χ1v) is 27.2. The van der Waals surface area contributed by atoms with Gasteiger partial charge in [0.05, 0.1) is 28.1 Å². The first-order chi connectivity index (χ1) is 36.9. The van der Waals surface area contributed by atoms with Crippen LogP contribution >= 0.6 is 11.3 Å². The molecule has 0 aliphatic heterocycles. The van der Waals surface area contributed by atoms with E-state index >= 15 is 0 Å². The number of thiophene rings is 1. The zero-order chi connectivity index (χ0) is 51.7. The fraction of sp³-hybridized carbons (Fsp3) is 0.111. The van der Waals surface area contributed by atoms with Crippen LogP contribution in [-0.2, 0) is 10.8 Å². The van der Waals surface area contributed by atoms with Gasteiger partial charge in [0.15, 0.2) is 5.82 Å². The van der Waals surface area contributed by atoms with Crippen LogP contribution < -0.4 is 0 Å². The lowest BCUT2D eigenvalue weighted by molar-refractivity contribution is 0.590. The highest BCUT2D eigenvalue weighted by Crippen LogP contribution is 2.46. The minimum absolute atomic E-state index is 0.0209. The Morgan fingerprint density at radius 3 is 1.26 bits per heavy atom. The van der Waals surface area contributed by atoms with Crippen molar-refractivity contribution >= 4 is 53.3 Å². The van der Waals surface area contributed by atoms with Crippen LogP contribution in [0.1, 0.15) is 52.7 Å². The summed E-state index contributed by atoms with van der Waals surface area (Å²) in [6, 6.07) is 87.0. The summed E-state index contributed by atoms with van der Waals surface area (Å²) in [5, 5.41) is 4.94. The van der Waals surface area contributed by atoms with E-state index in [0.717, 1.165) is 67.1 Å². The zero-order valence-corrected chi connectivity index (χ0v) is 44.6. The molecule has 3 aromatic heterocycles. The Balaban J connectivity index is 1.12. The van der Waals surface area contributed by atoms with E-state index in [0.29, 0.717) is 5.82 Å².